The summed E-state index contributed by atoms with van der Waals surface area (Å²) in [5, 5.41) is 5.91. The van der Waals surface area contributed by atoms with E-state index in [9.17, 15) is 9.59 Å². The number of rotatable bonds is 4. The fourth-order valence-corrected chi connectivity index (χ4v) is 2.66. The van der Waals surface area contributed by atoms with Crippen LogP contribution in [0.4, 0.5) is 10.5 Å². The van der Waals surface area contributed by atoms with E-state index >= 15 is 0 Å². The van der Waals surface area contributed by atoms with Crippen molar-refractivity contribution in [1.29, 1.82) is 0 Å². The van der Waals surface area contributed by atoms with Crippen LogP contribution >= 0.6 is 0 Å². The van der Waals surface area contributed by atoms with Gasteiger partial charge in [-0.15, -0.1) is 0 Å². The Hall–Kier alpha value is -2.50. The Morgan fingerprint density at radius 3 is 2.52 bits per heavy atom. The van der Waals surface area contributed by atoms with Gasteiger partial charge < -0.3 is 21.1 Å². The van der Waals surface area contributed by atoms with Crippen LogP contribution in [0.3, 0.4) is 0 Å². The van der Waals surface area contributed by atoms with Crippen LogP contribution in [0.15, 0.2) is 17.7 Å². The summed E-state index contributed by atoms with van der Waals surface area (Å²) >= 11 is 0. The van der Waals surface area contributed by atoms with Crippen LogP contribution in [-0.2, 0) is 9.53 Å². The van der Waals surface area contributed by atoms with E-state index < -0.39 is 23.6 Å². The number of benzene rings is 1. The van der Waals surface area contributed by atoms with Gasteiger partial charge in [0.25, 0.3) is 0 Å². The molecule has 6 heteroatoms. The van der Waals surface area contributed by atoms with E-state index in [1.54, 1.807) is 20.8 Å². The Morgan fingerprint density at radius 1 is 1.28 bits per heavy atom. The maximum Gasteiger partial charge on any atom is 0.408 e. The monoisotopic (exact) mass is 345 g/mol. The first-order valence-electron chi connectivity index (χ1n) is 8.38. The molecule has 0 aliphatic carbocycles. The first-order chi connectivity index (χ1) is 11.5. The van der Waals surface area contributed by atoms with E-state index in [1.165, 1.54) is 11.1 Å². The summed E-state index contributed by atoms with van der Waals surface area (Å²) < 4.78 is 5.20. The van der Waals surface area contributed by atoms with Crippen molar-refractivity contribution in [3.8, 4) is 0 Å². The summed E-state index contributed by atoms with van der Waals surface area (Å²) in [6, 6.07) is 3.41. The number of anilines is 1. The first kappa shape index (κ1) is 18.8. The molecule has 1 aromatic rings. The lowest BCUT2D eigenvalue weighted by molar-refractivity contribution is -0.120. The standard InChI is InChI=1S/C19H27N3O3/c1-11-6-14-8-13(10-21-15(14)7-12(11)2)9-16(17(20)23)22-18(24)25-19(3,4)5/h6-8,16,21H,9-10H2,1-5H3,(H2,20,23)(H,22,24). The summed E-state index contributed by atoms with van der Waals surface area (Å²) in [7, 11) is 0. The number of carbonyl (C=O) groups is 2. The number of fused-ring (bicyclic) bond motifs is 1. The number of primary amides is 1. The SMILES string of the molecule is Cc1cc2c(cc1C)NCC(CC(NC(=O)OC(C)(C)C)C(N)=O)=C2. The summed E-state index contributed by atoms with van der Waals surface area (Å²) in [5.74, 6) is -0.586. The van der Waals surface area contributed by atoms with Gasteiger partial charge in [0.15, 0.2) is 0 Å². The van der Waals surface area contributed by atoms with Gasteiger partial charge in [-0.2, -0.15) is 0 Å². The molecule has 0 aromatic heterocycles. The molecular weight excluding hydrogens is 318 g/mol. The molecule has 1 aliphatic heterocycles. The van der Waals surface area contributed by atoms with E-state index in [1.807, 2.05) is 6.08 Å². The van der Waals surface area contributed by atoms with Crippen molar-refractivity contribution in [2.24, 2.45) is 5.73 Å². The lowest BCUT2D eigenvalue weighted by atomic mass is 9.96. The number of carbonyl (C=O) groups excluding carboxylic acids is 2. The van der Waals surface area contributed by atoms with E-state index in [0.717, 1.165) is 16.8 Å². The molecule has 136 valence electrons. The number of nitrogens with one attached hydrogen (secondary N) is 2. The lowest BCUT2D eigenvalue weighted by Gasteiger charge is -2.25. The number of ether oxygens (including phenoxy) is 1. The van der Waals surface area contributed by atoms with Crippen molar-refractivity contribution in [3.63, 3.8) is 0 Å². The van der Waals surface area contributed by atoms with Crippen molar-refractivity contribution < 1.29 is 14.3 Å². The molecule has 0 radical (unpaired) electrons. The smallest absolute Gasteiger partial charge is 0.408 e. The molecule has 1 heterocycles. The van der Waals surface area contributed by atoms with Crippen molar-refractivity contribution >= 4 is 23.8 Å². The van der Waals surface area contributed by atoms with Crippen LogP contribution in [-0.4, -0.2) is 30.2 Å². The third kappa shape index (κ3) is 5.24. The summed E-state index contributed by atoms with van der Waals surface area (Å²) in [5.41, 5.74) is 10.4. The number of aryl methyl sites for hydroxylation is 2. The highest BCUT2D eigenvalue weighted by molar-refractivity contribution is 5.85. The Bertz CT molecular complexity index is 717. The summed E-state index contributed by atoms with van der Waals surface area (Å²) in [4.78, 5) is 23.6. The average Bonchev–Trinajstić information content (AvgIpc) is 2.46. The molecule has 2 amide bonds. The maximum atomic E-state index is 11.9. The number of amides is 2. The zero-order chi connectivity index (χ0) is 18.8. The normalized spacial score (nSPS) is 14.7. The molecule has 0 spiro atoms. The lowest BCUT2D eigenvalue weighted by Crippen LogP contribution is -2.46. The van der Waals surface area contributed by atoms with Crippen LogP contribution in [0, 0.1) is 13.8 Å². The topological polar surface area (TPSA) is 93.4 Å². The molecule has 0 saturated heterocycles. The highest BCUT2D eigenvalue weighted by Crippen LogP contribution is 2.28. The molecule has 25 heavy (non-hydrogen) atoms. The zero-order valence-corrected chi connectivity index (χ0v) is 15.5. The van der Waals surface area contributed by atoms with Crippen LogP contribution in [0.1, 0.15) is 43.9 Å². The maximum absolute atomic E-state index is 11.9. The molecule has 6 nitrogen and oxygen atoms in total. The predicted molar refractivity (Wildman–Crippen MR) is 99.4 cm³/mol. The molecule has 0 fully saturated rings. The molecular formula is C19H27N3O3. The van der Waals surface area contributed by atoms with E-state index in [4.69, 9.17) is 10.5 Å². The van der Waals surface area contributed by atoms with E-state index in [2.05, 4.69) is 36.6 Å². The van der Waals surface area contributed by atoms with Gasteiger partial charge in [-0.25, -0.2) is 4.79 Å². The van der Waals surface area contributed by atoms with Crippen molar-refractivity contribution in [1.82, 2.24) is 5.32 Å². The van der Waals surface area contributed by atoms with Gasteiger partial charge in [-0.05, 0) is 75.4 Å². The number of alkyl carbamates (subject to hydrolysis) is 1. The minimum absolute atomic E-state index is 0.341. The summed E-state index contributed by atoms with van der Waals surface area (Å²) in [6.45, 7) is 10.0. The highest BCUT2D eigenvalue weighted by atomic mass is 16.6. The second-order valence-corrected chi connectivity index (χ2v) is 7.49. The van der Waals surface area contributed by atoms with Gasteiger partial charge in [0.2, 0.25) is 5.91 Å². The van der Waals surface area contributed by atoms with Crippen LogP contribution in [0.25, 0.3) is 6.08 Å². The van der Waals surface area contributed by atoms with E-state index in [-0.39, 0.29) is 0 Å². The highest BCUT2D eigenvalue weighted by Gasteiger charge is 2.24. The van der Waals surface area contributed by atoms with Gasteiger partial charge in [-0.1, -0.05) is 6.08 Å². The average molecular weight is 345 g/mol. The zero-order valence-electron chi connectivity index (χ0n) is 15.5. The van der Waals surface area contributed by atoms with Gasteiger partial charge in [0, 0.05) is 12.2 Å². The second-order valence-electron chi connectivity index (χ2n) is 7.49. The molecule has 2 rings (SSSR count). The minimum atomic E-state index is -0.809. The third-order valence-corrected chi connectivity index (χ3v) is 4.03. The molecule has 0 saturated carbocycles. The largest absolute Gasteiger partial charge is 0.444 e. The van der Waals surface area contributed by atoms with E-state index in [0.29, 0.717) is 13.0 Å². The first-order valence-corrected chi connectivity index (χ1v) is 8.38. The fourth-order valence-electron chi connectivity index (χ4n) is 2.66. The Labute approximate surface area is 148 Å². The Balaban J connectivity index is 2.12. The molecule has 1 aromatic carbocycles. The minimum Gasteiger partial charge on any atom is -0.444 e. The van der Waals surface area contributed by atoms with Crippen LogP contribution in [0.2, 0.25) is 0 Å². The Morgan fingerprint density at radius 2 is 1.92 bits per heavy atom. The van der Waals surface area contributed by atoms with Crippen LogP contribution < -0.4 is 16.4 Å². The van der Waals surface area contributed by atoms with Crippen molar-refractivity contribution in [3.05, 3.63) is 34.4 Å². The van der Waals surface area contributed by atoms with Gasteiger partial charge >= 0.3 is 6.09 Å². The number of hydrogen-bond donors (Lipinski definition) is 3. The van der Waals surface area contributed by atoms with Gasteiger partial charge in [0.05, 0.1) is 0 Å². The second kappa shape index (κ2) is 7.17. The van der Waals surface area contributed by atoms with Crippen LogP contribution in [0.5, 0.6) is 0 Å². The molecule has 0 bridgehead atoms. The Kier molecular flexibility index (Phi) is 5.40. The summed E-state index contributed by atoms with van der Waals surface area (Å²) in [6.07, 6.45) is 1.74. The predicted octanol–water partition coefficient (Wildman–Crippen LogP) is 2.88. The number of nitrogens with two attached hydrogens (primary N) is 1. The van der Waals surface area contributed by atoms with Gasteiger partial charge in [0.1, 0.15) is 11.6 Å². The number of hydrogen-bond acceptors (Lipinski definition) is 4. The molecule has 1 unspecified atom stereocenters. The molecule has 4 N–H and O–H groups in total. The van der Waals surface area contributed by atoms with Crippen molar-refractivity contribution in [2.45, 2.75) is 52.7 Å². The molecule has 1 atom stereocenters. The quantitative estimate of drug-likeness (QED) is 0.782. The third-order valence-electron chi connectivity index (χ3n) is 4.03. The van der Waals surface area contributed by atoms with Crippen molar-refractivity contribution in [2.75, 3.05) is 11.9 Å². The van der Waals surface area contributed by atoms with Gasteiger partial charge in [-0.3, -0.25) is 4.79 Å². The molecule has 1 aliphatic rings. The fraction of sp³-hybridized carbons (Fsp3) is 0.474.